The summed E-state index contributed by atoms with van der Waals surface area (Å²) in [5, 5.41) is 0. The number of allylic oxidation sites excluding steroid dienone is 8. The van der Waals surface area contributed by atoms with E-state index >= 15 is 0 Å². The molecular weight excluding hydrogens is 817 g/mol. The fourth-order valence-electron chi connectivity index (χ4n) is 8.26. The summed E-state index contributed by atoms with van der Waals surface area (Å²) in [4.78, 5) is 38.1. The van der Waals surface area contributed by atoms with Gasteiger partial charge in [0.05, 0.1) is 0 Å². The monoisotopic (exact) mass is 925 g/mol. The van der Waals surface area contributed by atoms with E-state index in [-0.39, 0.29) is 31.1 Å². The van der Waals surface area contributed by atoms with E-state index in [1.165, 1.54) is 180 Å². The molecule has 0 spiro atoms. The number of carbonyl (C=O) groups excluding carboxylic acids is 3. The maximum Gasteiger partial charge on any atom is 0.306 e. The van der Waals surface area contributed by atoms with Crippen LogP contribution in [0, 0.1) is 0 Å². The molecule has 0 rings (SSSR count). The minimum atomic E-state index is -0.783. The highest BCUT2D eigenvalue weighted by Crippen LogP contribution is 2.16. The van der Waals surface area contributed by atoms with Gasteiger partial charge in [-0.3, -0.25) is 14.4 Å². The molecule has 1 unspecified atom stereocenters. The molecule has 0 aliphatic carbocycles. The highest BCUT2D eigenvalue weighted by atomic mass is 16.6. The smallest absolute Gasteiger partial charge is 0.306 e. The molecule has 0 radical (unpaired) electrons. The van der Waals surface area contributed by atoms with Crippen LogP contribution in [0.5, 0.6) is 0 Å². The number of ether oxygens (including phenoxy) is 3. The largest absolute Gasteiger partial charge is 0.462 e. The summed E-state index contributed by atoms with van der Waals surface area (Å²) in [6.07, 6.45) is 66.7. The number of hydrogen-bond acceptors (Lipinski definition) is 6. The molecule has 0 aliphatic rings. The summed E-state index contributed by atoms with van der Waals surface area (Å²) in [5.74, 6) is -0.893. The van der Waals surface area contributed by atoms with Gasteiger partial charge in [-0.1, -0.05) is 256 Å². The van der Waals surface area contributed by atoms with E-state index in [1.807, 2.05) is 0 Å². The van der Waals surface area contributed by atoms with Gasteiger partial charge >= 0.3 is 17.9 Å². The zero-order valence-corrected chi connectivity index (χ0v) is 44.0. The van der Waals surface area contributed by atoms with Crippen LogP contribution in [0.15, 0.2) is 48.6 Å². The highest BCUT2D eigenvalue weighted by Gasteiger charge is 2.19. The van der Waals surface area contributed by atoms with E-state index in [2.05, 4.69) is 69.4 Å². The third kappa shape index (κ3) is 52.3. The second-order valence-electron chi connectivity index (χ2n) is 19.3. The quantitative estimate of drug-likeness (QED) is 0.0199. The van der Waals surface area contributed by atoms with E-state index in [0.29, 0.717) is 19.3 Å². The lowest BCUT2D eigenvalue weighted by Gasteiger charge is -2.18. The highest BCUT2D eigenvalue weighted by molar-refractivity contribution is 5.71. The third-order valence-electron chi connectivity index (χ3n) is 12.6. The van der Waals surface area contributed by atoms with Crippen molar-refractivity contribution in [3.8, 4) is 0 Å². The predicted octanol–water partition coefficient (Wildman–Crippen LogP) is 19.0. The first-order valence-corrected chi connectivity index (χ1v) is 28.7. The summed E-state index contributed by atoms with van der Waals surface area (Å²) in [7, 11) is 0. The summed E-state index contributed by atoms with van der Waals surface area (Å²) in [5.41, 5.74) is 0. The summed E-state index contributed by atoms with van der Waals surface area (Å²) < 4.78 is 16.8. The lowest BCUT2D eigenvalue weighted by atomic mass is 10.1. The molecular formula is C60H108O6. The number of rotatable bonds is 52. The molecule has 0 saturated carbocycles. The molecule has 6 nitrogen and oxygen atoms in total. The third-order valence-corrected chi connectivity index (χ3v) is 12.6. The molecule has 0 aromatic heterocycles. The Labute approximate surface area is 409 Å². The summed E-state index contributed by atoms with van der Waals surface area (Å²) in [6.45, 7) is 6.62. The van der Waals surface area contributed by atoms with Crippen molar-refractivity contribution in [3.63, 3.8) is 0 Å². The SMILES string of the molecule is CCCCCCC\C=C/C=C\C=C/CCCCCCCC(=O)OC(COC(=O)CCCCCCCCC/C=C\CCCCCCCCCC)COC(=O)CCCCCCCCCCCCC. The molecule has 0 saturated heterocycles. The predicted molar refractivity (Wildman–Crippen MR) is 284 cm³/mol. The Morgan fingerprint density at radius 3 is 0.879 bits per heavy atom. The second-order valence-corrected chi connectivity index (χ2v) is 19.3. The zero-order chi connectivity index (χ0) is 47.9. The van der Waals surface area contributed by atoms with Crippen molar-refractivity contribution in [2.75, 3.05) is 13.2 Å². The number of hydrogen-bond donors (Lipinski definition) is 0. The number of unbranched alkanes of at least 4 members (excludes halogenated alkanes) is 35. The van der Waals surface area contributed by atoms with Crippen molar-refractivity contribution < 1.29 is 28.6 Å². The fraction of sp³-hybridized carbons (Fsp3) is 0.817. The van der Waals surface area contributed by atoms with Gasteiger partial charge in [0.1, 0.15) is 13.2 Å². The molecule has 0 N–H and O–H groups in total. The average Bonchev–Trinajstić information content (AvgIpc) is 3.31. The zero-order valence-electron chi connectivity index (χ0n) is 44.0. The molecule has 0 amide bonds. The van der Waals surface area contributed by atoms with E-state index in [9.17, 15) is 14.4 Å². The van der Waals surface area contributed by atoms with Crippen LogP contribution in [0.2, 0.25) is 0 Å². The van der Waals surface area contributed by atoms with Crippen molar-refractivity contribution in [3.05, 3.63) is 48.6 Å². The Balaban J connectivity index is 4.36. The number of carbonyl (C=O) groups is 3. The van der Waals surface area contributed by atoms with Crippen molar-refractivity contribution in [2.45, 2.75) is 303 Å². The van der Waals surface area contributed by atoms with Gasteiger partial charge in [0, 0.05) is 19.3 Å². The van der Waals surface area contributed by atoms with Gasteiger partial charge in [0.25, 0.3) is 0 Å². The van der Waals surface area contributed by atoms with E-state index in [0.717, 1.165) is 77.0 Å². The average molecular weight is 926 g/mol. The van der Waals surface area contributed by atoms with Gasteiger partial charge in [0.2, 0.25) is 0 Å². The van der Waals surface area contributed by atoms with Crippen LogP contribution in [0.3, 0.4) is 0 Å². The van der Waals surface area contributed by atoms with Crippen molar-refractivity contribution >= 4 is 17.9 Å². The minimum absolute atomic E-state index is 0.0803. The maximum atomic E-state index is 12.8. The molecule has 0 aromatic rings. The molecule has 384 valence electrons. The van der Waals surface area contributed by atoms with Gasteiger partial charge in [-0.05, 0) is 70.6 Å². The van der Waals surface area contributed by atoms with Crippen LogP contribution in [0.4, 0.5) is 0 Å². The van der Waals surface area contributed by atoms with Crippen molar-refractivity contribution in [1.82, 2.24) is 0 Å². The van der Waals surface area contributed by atoms with Gasteiger partial charge < -0.3 is 14.2 Å². The summed E-state index contributed by atoms with van der Waals surface area (Å²) in [6, 6.07) is 0. The second kappa shape index (κ2) is 55.0. The van der Waals surface area contributed by atoms with Crippen LogP contribution < -0.4 is 0 Å². The van der Waals surface area contributed by atoms with Crippen LogP contribution in [0.1, 0.15) is 297 Å². The summed E-state index contributed by atoms with van der Waals surface area (Å²) >= 11 is 0. The standard InChI is InChI=1S/C60H108O6/c1-4-7-10-13-16-19-22-24-26-28-30-32-33-35-38-41-44-47-50-53-59(62)65-56-57(55-64-58(61)52-49-46-43-40-37-21-18-15-12-9-6-3)66-60(63)54-51-48-45-42-39-36-34-31-29-27-25-23-20-17-14-11-8-5-2/h23,25,27-31,34,57H,4-22,24,26,32-33,35-56H2,1-3H3/b25-23-,29-27-,30-28-,34-31-. The lowest BCUT2D eigenvalue weighted by molar-refractivity contribution is -0.167. The molecule has 0 aromatic carbocycles. The van der Waals surface area contributed by atoms with E-state index in [4.69, 9.17) is 14.2 Å². The Hall–Kier alpha value is -2.63. The molecule has 0 bridgehead atoms. The van der Waals surface area contributed by atoms with Gasteiger partial charge in [-0.2, -0.15) is 0 Å². The molecule has 6 heteroatoms. The van der Waals surface area contributed by atoms with Gasteiger partial charge in [-0.25, -0.2) is 0 Å². The van der Waals surface area contributed by atoms with E-state index < -0.39 is 6.10 Å². The van der Waals surface area contributed by atoms with Crippen molar-refractivity contribution in [2.24, 2.45) is 0 Å². The van der Waals surface area contributed by atoms with Crippen LogP contribution in [-0.2, 0) is 28.6 Å². The molecule has 1 atom stereocenters. The normalized spacial score (nSPS) is 12.3. The van der Waals surface area contributed by atoms with Gasteiger partial charge in [0.15, 0.2) is 6.10 Å². The maximum absolute atomic E-state index is 12.8. The Morgan fingerprint density at radius 2 is 0.561 bits per heavy atom. The first-order valence-electron chi connectivity index (χ1n) is 28.7. The van der Waals surface area contributed by atoms with Crippen molar-refractivity contribution in [1.29, 1.82) is 0 Å². The van der Waals surface area contributed by atoms with Crippen LogP contribution >= 0.6 is 0 Å². The first kappa shape index (κ1) is 63.4. The molecule has 0 fully saturated rings. The first-order chi connectivity index (χ1) is 32.5. The van der Waals surface area contributed by atoms with Crippen LogP contribution in [-0.4, -0.2) is 37.2 Å². The van der Waals surface area contributed by atoms with E-state index in [1.54, 1.807) is 0 Å². The Morgan fingerprint density at radius 1 is 0.303 bits per heavy atom. The lowest BCUT2D eigenvalue weighted by Crippen LogP contribution is -2.30. The van der Waals surface area contributed by atoms with Gasteiger partial charge in [-0.15, -0.1) is 0 Å². The Kier molecular flexibility index (Phi) is 52.8. The fourth-order valence-corrected chi connectivity index (χ4v) is 8.26. The molecule has 66 heavy (non-hydrogen) atoms. The Bertz CT molecular complexity index is 1150. The molecule has 0 aliphatic heterocycles. The molecule has 0 heterocycles. The number of esters is 3. The topological polar surface area (TPSA) is 78.9 Å². The minimum Gasteiger partial charge on any atom is -0.462 e. The van der Waals surface area contributed by atoms with Crippen LogP contribution in [0.25, 0.3) is 0 Å².